The van der Waals surface area contributed by atoms with Crippen molar-refractivity contribution >= 4 is 16.7 Å². The fourth-order valence-electron chi connectivity index (χ4n) is 2.95. The third-order valence-corrected chi connectivity index (χ3v) is 4.05. The summed E-state index contributed by atoms with van der Waals surface area (Å²) < 4.78 is 5.94. The molecule has 0 radical (unpaired) electrons. The quantitative estimate of drug-likeness (QED) is 0.579. The zero-order valence-electron chi connectivity index (χ0n) is 13.4. The van der Waals surface area contributed by atoms with E-state index in [-0.39, 0.29) is 18.2 Å². The zero-order chi connectivity index (χ0) is 17.4. The number of carbonyl (C=O) groups excluding carboxylic acids is 1. The van der Waals surface area contributed by atoms with Gasteiger partial charge in [-0.1, -0.05) is 29.4 Å². The molecule has 25 heavy (non-hydrogen) atoms. The number of fused-ring (bicyclic) bond motifs is 1. The molecule has 0 saturated carbocycles. The molecule has 0 aliphatic carbocycles. The first-order valence-corrected chi connectivity index (χ1v) is 7.73. The molecule has 0 aliphatic heterocycles. The first kappa shape index (κ1) is 15.1. The number of benzene rings is 1. The molecule has 0 spiro atoms. The minimum Gasteiger partial charge on any atom is -0.358 e. The molecule has 124 valence electrons. The van der Waals surface area contributed by atoms with Crippen molar-refractivity contribution in [3.05, 3.63) is 70.5 Å². The average Bonchev–Trinajstić information content (AvgIpc) is 3.15. The predicted molar refractivity (Wildman–Crippen MR) is 91.4 cm³/mol. The number of H-pyrrole nitrogens is 1. The van der Waals surface area contributed by atoms with Gasteiger partial charge in [0.2, 0.25) is 5.82 Å². The van der Waals surface area contributed by atoms with Crippen LogP contribution in [0.15, 0.2) is 58.0 Å². The molecule has 0 saturated heterocycles. The molecule has 0 amide bonds. The lowest BCUT2D eigenvalue weighted by Crippen LogP contribution is -2.21. The minimum atomic E-state index is -0.688. The Bertz CT molecular complexity index is 1120. The Morgan fingerprint density at radius 3 is 2.80 bits per heavy atom. The van der Waals surface area contributed by atoms with E-state index in [1.54, 1.807) is 24.4 Å². The monoisotopic (exact) mass is 334 g/mol. The van der Waals surface area contributed by atoms with Gasteiger partial charge in [-0.2, -0.15) is 0 Å². The summed E-state index contributed by atoms with van der Waals surface area (Å²) in [6.07, 6.45) is 1.59. The molecular weight excluding hydrogens is 320 g/mol. The second kappa shape index (κ2) is 5.86. The van der Waals surface area contributed by atoms with Crippen LogP contribution in [0.25, 0.3) is 22.4 Å². The van der Waals surface area contributed by atoms with Crippen LogP contribution in [0.1, 0.15) is 16.1 Å². The molecule has 0 aliphatic rings. The molecule has 0 bridgehead atoms. The topological polar surface area (TPSA) is 93.8 Å². The molecule has 3 aromatic heterocycles. The Labute approximate surface area is 141 Å². The fourth-order valence-corrected chi connectivity index (χ4v) is 2.95. The van der Waals surface area contributed by atoms with Gasteiger partial charge in [0.25, 0.3) is 0 Å². The SMILES string of the molecule is Cc1[nH]c2ccccc2c1C(=O)Cn1c(-c2ccccn2)noc1=O. The lowest BCUT2D eigenvalue weighted by molar-refractivity contribution is 0.0971. The van der Waals surface area contributed by atoms with Crippen molar-refractivity contribution in [1.29, 1.82) is 0 Å². The van der Waals surface area contributed by atoms with E-state index in [0.29, 0.717) is 11.3 Å². The smallest absolute Gasteiger partial charge is 0.358 e. The largest absolute Gasteiger partial charge is 0.442 e. The van der Waals surface area contributed by atoms with Crippen molar-refractivity contribution in [2.45, 2.75) is 13.5 Å². The summed E-state index contributed by atoms with van der Waals surface area (Å²) in [5.74, 6) is -0.652. The highest BCUT2D eigenvalue weighted by atomic mass is 16.5. The number of aromatic amines is 1. The maximum atomic E-state index is 12.9. The highest BCUT2D eigenvalue weighted by Crippen LogP contribution is 2.23. The van der Waals surface area contributed by atoms with Crippen molar-refractivity contribution in [3.8, 4) is 11.5 Å². The first-order chi connectivity index (χ1) is 12.1. The average molecular weight is 334 g/mol. The van der Waals surface area contributed by atoms with E-state index in [1.165, 1.54) is 4.57 Å². The second-order valence-electron chi connectivity index (χ2n) is 5.67. The van der Waals surface area contributed by atoms with Crippen LogP contribution in [-0.4, -0.2) is 25.5 Å². The number of nitrogens with zero attached hydrogens (tertiary/aromatic N) is 3. The number of Topliss-reactive ketones (excluding diaryl/α,β-unsaturated/α-hetero) is 1. The van der Waals surface area contributed by atoms with Crippen LogP contribution in [0.4, 0.5) is 0 Å². The standard InChI is InChI=1S/C18H14N4O3/c1-11-16(12-6-2-3-7-13(12)20-11)15(23)10-22-17(21-25-18(22)24)14-8-4-5-9-19-14/h2-9,20H,10H2,1H3. The number of hydrogen-bond donors (Lipinski definition) is 1. The zero-order valence-corrected chi connectivity index (χ0v) is 13.4. The van der Waals surface area contributed by atoms with Crippen LogP contribution in [0.2, 0.25) is 0 Å². The van der Waals surface area contributed by atoms with E-state index in [2.05, 4.69) is 15.1 Å². The van der Waals surface area contributed by atoms with E-state index in [4.69, 9.17) is 4.52 Å². The third-order valence-electron chi connectivity index (χ3n) is 4.05. The Kier molecular flexibility index (Phi) is 3.53. The van der Waals surface area contributed by atoms with Crippen molar-refractivity contribution in [2.24, 2.45) is 0 Å². The number of ketones is 1. The van der Waals surface area contributed by atoms with Gasteiger partial charge in [0.15, 0.2) is 5.78 Å². The molecule has 7 nitrogen and oxygen atoms in total. The van der Waals surface area contributed by atoms with Crippen LogP contribution in [0, 0.1) is 6.92 Å². The van der Waals surface area contributed by atoms with Crippen molar-refractivity contribution in [2.75, 3.05) is 0 Å². The number of aromatic nitrogens is 4. The van der Waals surface area contributed by atoms with E-state index in [1.807, 2.05) is 31.2 Å². The van der Waals surface area contributed by atoms with Gasteiger partial charge >= 0.3 is 5.76 Å². The van der Waals surface area contributed by atoms with Gasteiger partial charge in [-0.05, 0) is 25.1 Å². The Balaban J connectivity index is 1.76. The Morgan fingerprint density at radius 1 is 1.20 bits per heavy atom. The summed E-state index contributed by atoms with van der Waals surface area (Å²) >= 11 is 0. The summed E-state index contributed by atoms with van der Waals surface area (Å²) in [5.41, 5.74) is 2.67. The normalized spacial score (nSPS) is 11.1. The lowest BCUT2D eigenvalue weighted by atomic mass is 10.1. The number of nitrogens with one attached hydrogen (secondary N) is 1. The molecular formula is C18H14N4O3. The van der Waals surface area contributed by atoms with Gasteiger partial charge in [-0.25, -0.2) is 9.36 Å². The molecule has 0 atom stereocenters. The number of rotatable bonds is 4. The predicted octanol–water partition coefficient (Wildman–Crippen LogP) is 2.57. The minimum absolute atomic E-state index is 0.170. The lowest BCUT2D eigenvalue weighted by Gasteiger charge is -2.04. The van der Waals surface area contributed by atoms with Crippen LogP contribution in [0.3, 0.4) is 0 Å². The van der Waals surface area contributed by atoms with Crippen LogP contribution >= 0.6 is 0 Å². The van der Waals surface area contributed by atoms with E-state index in [0.717, 1.165) is 16.6 Å². The summed E-state index contributed by atoms with van der Waals surface area (Å²) in [6, 6.07) is 12.8. The fraction of sp³-hybridized carbons (Fsp3) is 0.111. The number of pyridine rings is 1. The maximum absolute atomic E-state index is 12.9. The van der Waals surface area contributed by atoms with Crippen LogP contribution in [-0.2, 0) is 6.54 Å². The second-order valence-corrected chi connectivity index (χ2v) is 5.67. The summed E-state index contributed by atoms with van der Waals surface area (Å²) in [6.45, 7) is 1.67. The molecule has 4 rings (SSSR count). The summed E-state index contributed by atoms with van der Waals surface area (Å²) in [7, 11) is 0. The first-order valence-electron chi connectivity index (χ1n) is 7.73. The van der Waals surface area contributed by atoms with E-state index >= 15 is 0 Å². The number of carbonyl (C=O) groups is 1. The van der Waals surface area contributed by atoms with E-state index in [9.17, 15) is 9.59 Å². The molecule has 0 fully saturated rings. The number of para-hydroxylation sites is 1. The molecule has 0 unspecified atom stereocenters. The summed E-state index contributed by atoms with van der Waals surface area (Å²) in [5, 5.41) is 4.59. The van der Waals surface area contributed by atoms with Crippen molar-refractivity contribution in [1.82, 2.24) is 19.7 Å². The molecule has 4 aromatic rings. The van der Waals surface area contributed by atoms with Gasteiger partial charge in [-0.15, -0.1) is 0 Å². The van der Waals surface area contributed by atoms with Gasteiger partial charge in [0, 0.05) is 28.4 Å². The molecule has 1 aromatic carbocycles. The van der Waals surface area contributed by atoms with E-state index < -0.39 is 5.76 Å². The van der Waals surface area contributed by atoms with Gasteiger partial charge in [-0.3, -0.25) is 14.3 Å². The molecule has 1 N–H and O–H groups in total. The third kappa shape index (κ3) is 2.55. The highest BCUT2D eigenvalue weighted by Gasteiger charge is 2.21. The molecule has 7 heteroatoms. The van der Waals surface area contributed by atoms with Crippen molar-refractivity contribution in [3.63, 3.8) is 0 Å². The molecule has 3 heterocycles. The Hall–Kier alpha value is -3.48. The van der Waals surface area contributed by atoms with Crippen LogP contribution < -0.4 is 5.76 Å². The van der Waals surface area contributed by atoms with Crippen LogP contribution in [0.5, 0.6) is 0 Å². The number of hydrogen-bond acceptors (Lipinski definition) is 5. The number of aryl methyl sites for hydroxylation is 1. The maximum Gasteiger partial charge on any atom is 0.442 e. The highest BCUT2D eigenvalue weighted by molar-refractivity contribution is 6.09. The Morgan fingerprint density at radius 2 is 2.00 bits per heavy atom. The van der Waals surface area contributed by atoms with Gasteiger partial charge in [0.05, 0.1) is 6.54 Å². The van der Waals surface area contributed by atoms with Gasteiger partial charge < -0.3 is 4.98 Å². The van der Waals surface area contributed by atoms with Gasteiger partial charge in [0.1, 0.15) is 5.69 Å². The summed E-state index contributed by atoms with van der Waals surface area (Å²) in [4.78, 5) is 32.2. The van der Waals surface area contributed by atoms with Crippen molar-refractivity contribution < 1.29 is 9.32 Å².